The zero-order chi connectivity index (χ0) is 19.3. The van der Waals surface area contributed by atoms with Gasteiger partial charge in [0, 0.05) is 12.4 Å². The molecule has 0 unspecified atom stereocenters. The van der Waals surface area contributed by atoms with Crippen LogP contribution in [0.15, 0.2) is 42.9 Å². The van der Waals surface area contributed by atoms with Gasteiger partial charge in [-0.25, -0.2) is 0 Å². The molecular formula is C23H25N3O. The van der Waals surface area contributed by atoms with Crippen LogP contribution in [0.1, 0.15) is 43.2 Å². The van der Waals surface area contributed by atoms with Crippen molar-refractivity contribution < 1.29 is 4.74 Å². The highest BCUT2D eigenvalue weighted by Gasteiger charge is 2.30. The minimum Gasteiger partial charge on any atom is -0.449 e. The maximum atomic E-state index is 6.15. The van der Waals surface area contributed by atoms with Gasteiger partial charge in [-0.2, -0.15) is 0 Å². The first kappa shape index (κ1) is 17.5. The van der Waals surface area contributed by atoms with E-state index < -0.39 is 0 Å². The Balaban J connectivity index is 1.99. The molecule has 4 heteroatoms. The number of anilines is 3. The number of rotatable bonds is 1. The van der Waals surface area contributed by atoms with Crippen LogP contribution in [0.2, 0.25) is 0 Å². The van der Waals surface area contributed by atoms with Crippen LogP contribution < -0.4 is 9.64 Å². The third kappa shape index (κ3) is 2.85. The van der Waals surface area contributed by atoms with Gasteiger partial charge in [0.15, 0.2) is 11.5 Å². The molecule has 0 saturated carbocycles. The highest BCUT2D eigenvalue weighted by molar-refractivity contribution is 5.88. The first-order valence-corrected chi connectivity index (χ1v) is 9.26. The van der Waals surface area contributed by atoms with Gasteiger partial charge in [0.25, 0.3) is 0 Å². The van der Waals surface area contributed by atoms with Crippen LogP contribution in [0.25, 0.3) is 0 Å². The molecule has 1 aliphatic heterocycles. The number of hydrogen-bond donors (Lipinski definition) is 0. The second-order valence-electron chi connectivity index (χ2n) is 8.23. The topological polar surface area (TPSA) is 38.2 Å². The second-order valence-corrected chi connectivity index (χ2v) is 8.23. The summed E-state index contributed by atoms with van der Waals surface area (Å²) in [5.74, 6) is 1.54. The molecule has 0 amide bonds. The van der Waals surface area contributed by atoms with E-state index in [1.54, 1.807) is 6.20 Å². The zero-order valence-corrected chi connectivity index (χ0v) is 16.8. The van der Waals surface area contributed by atoms with E-state index in [0.29, 0.717) is 0 Å². The van der Waals surface area contributed by atoms with Crippen LogP contribution >= 0.6 is 0 Å². The van der Waals surface area contributed by atoms with Crippen LogP contribution in [0.5, 0.6) is 11.5 Å². The average molecular weight is 359 g/mol. The Hall–Kier alpha value is -2.88. The van der Waals surface area contributed by atoms with Gasteiger partial charge in [-0.05, 0) is 55.0 Å². The molecule has 2 aromatic heterocycles. The van der Waals surface area contributed by atoms with E-state index in [-0.39, 0.29) is 5.41 Å². The van der Waals surface area contributed by atoms with Gasteiger partial charge in [-0.1, -0.05) is 32.9 Å². The SMILES string of the molecule is Cc1cc(C(C)(C)C)cc(C)c1N1c2ccncc2Oc2c1ccnc2C. The summed E-state index contributed by atoms with van der Waals surface area (Å²) in [5, 5.41) is 0. The number of aromatic nitrogens is 2. The van der Waals surface area contributed by atoms with Crippen molar-refractivity contribution in [2.75, 3.05) is 4.90 Å². The Labute approximate surface area is 160 Å². The summed E-state index contributed by atoms with van der Waals surface area (Å²) in [6, 6.07) is 8.62. The highest BCUT2D eigenvalue weighted by atomic mass is 16.5. The Morgan fingerprint density at radius 1 is 0.926 bits per heavy atom. The zero-order valence-electron chi connectivity index (χ0n) is 16.8. The fourth-order valence-corrected chi connectivity index (χ4v) is 3.70. The maximum Gasteiger partial charge on any atom is 0.172 e. The van der Waals surface area contributed by atoms with Crippen molar-refractivity contribution in [2.24, 2.45) is 0 Å². The summed E-state index contributed by atoms with van der Waals surface area (Å²) in [6.45, 7) is 13.1. The molecule has 138 valence electrons. The van der Waals surface area contributed by atoms with E-state index in [9.17, 15) is 0 Å². The number of pyridine rings is 2. The monoisotopic (exact) mass is 359 g/mol. The Morgan fingerprint density at radius 2 is 1.59 bits per heavy atom. The molecule has 27 heavy (non-hydrogen) atoms. The van der Waals surface area contributed by atoms with E-state index in [1.807, 2.05) is 31.5 Å². The first-order valence-electron chi connectivity index (χ1n) is 9.26. The van der Waals surface area contributed by atoms with Gasteiger partial charge in [-0.3, -0.25) is 9.97 Å². The molecule has 4 rings (SSSR count). The van der Waals surface area contributed by atoms with Gasteiger partial charge in [0.1, 0.15) is 0 Å². The molecule has 0 saturated heterocycles. The molecule has 0 fully saturated rings. The van der Waals surface area contributed by atoms with E-state index in [4.69, 9.17) is 4.74 Å². The van der Waals surface area contributed by atoms with Crippen molar-refractivity contribution in [1.29, 1.82) is 0 Å². The normalized spacial score (nSPS) is 13.0. The van der Waals surface area contributed by atoms with Crippen molar-refractivity contribution in [3.8, 4) is 11.5 Å². The van der Waals surface area contributed by atoms with Gasteiger partial charge in [0.2, 0.25) is 0 Å². The minimum atomic E-state index is 0.110. The van der Waals surface area contributed by atoms with Gasteiger partial charge >= 0.3 is 0 Å². The highest BCUT2D eigenvalue weighted by Crippen LogP contribution is 2.52. The van der Waals surface area contributed by atoms with Crippen LogP contribution in [-0.4, -0.2) is 9.97 Å². The molecule has 1 aromatic carbocycles. The summed E-state index contributed by atoms with van der Waals surface area (Å²) in [7, 11) is 0. The Bertz CT molecular complexity index is 1010. The third-order valence-electron chi connectivity index (χ3n) is 5.10. The molecule has 3 aromatic rings. The van der Waals surface area contributed by atoms with Crippen molar-refractivity contribution >= 4 is 17.1 Å². The van der Waals surface area contributed by atoms with Crippen molar-refractivity contribution in [3.05, 3.63) is 65.2 Å². The van der Waals surface area contributed by atoms with E-state index in [2.05, 4.69) is 61.6 Å². The van der Waals surface area contributed by atoms with Crippen LogP contribution in [0.4, 0.5) is 17.1 Å². The van der Waals surface area contributed by atoms with Gasteiger partial charge in [0.05, 0.1) is 29.0 Å². The fraction of sp³-hybridized carbons (Fsp3) is 0.304. The molecule has 0 spiro atoms. The summed E-state index contributed by atoms with van der Waals surface area (Å²) in [6.07, 6.45) is 5.42. The first-order chi connectivity index (χ1) is 12.8. The van der Waals surface area contributed by atoms with E-state index in [1.165, 1.54) is 22.4 Å². The maximum absolute atomic E-state index is 6.15. The summed E-state index contributed by atoms with van der Waals surface area (Å²) < 4.78 is 6.15. The van der Waals surface area contributed by atoms with E-state index in [0.717, 1.165) is 28.6 Å². The minimum absolute atomic E-state index is 0.110. The Morgan fingerprint density at radius 3 is 2.26 bits per heavy atom. The molecular weight excluding hydrogens is 334 g/mol. The van der Waals surface area contributed by atoms with Gasteiger partial charge in [-0.15, -0.1) is 0 Å². The summed E-state index contributed by atoms with van der Waals surface area (Å²) >= 11 is 0. The Kier molecular flexibility index (Phi) is 3.95. The van der Waals surface area contributed by atoms with Crippen LogP contribution in [0, 0.1) is 20.8 Å². The largest absolute Gasteiger partial charge is 0.449 e. The number of fused-ring (bicyclic) bond motifs is 2. The molecule has 3 heterocycles. The number of benzene rings is 1. The molecule has 0 radical (unpaired) electrons. The molecule has 4 nitrogen and oxygen atoms in total. The molecule has 0 atom stereocenters. The van der Waals surface area contributed by atoms with Gasteiger partial charge < -0.3 is 9.64 Å². The van der Waals surface area contributed by atoms with Crippen molar-refractivity contribution in [3.63, 3.8) is 0 Å². The average Bonchev–Trinajstić information content (AvgIpc) is 2.60. The van der Waals surface area contributed by atoms with E-state index >= 15 is 0 Å². The standard InChI is InChI=1S/C23H25N3O/c1-14-11-17(23(4,5)6)12-15(2)21(14)26-18-7-9-24-13-20(18)27-22-16(3)25-10-8-19(22)26/h7-13H,1-6H3. The predicted octanol–water partition coefficient (Wildman–Crippen LogP) is 6.27. The number of nitrogens with zero attached hydrogens (tertiary/aromatic N) is 3. The quantitative estimate of drug-likeness (QED) is 0.401. The van der Waals surface area contributed by atoms with Crippen LogP contribution in [0.3, 0.4) is 0 Å². The fourth-order valence-electron chi connectivity index (χ4n) is 3.70. The molecule has 0 N–H and O–H groups in total. The lowest BCUT2D eigenvalue weighted by atomic mass is 9.84. The number of hydrogen-bond acceptors (Lipinski definition) is 4. The third-order valence-corrected chi connectivity index (χ3v) is 5.10. The molecule has 1 aliphatic rings. The number of aryl methyl sites for hydroxylation is 3. The smallest absolute Gasteiger partial charge is 0.172 e. The lowest BCUT2D eigenvalue weighted by Crippen LogP contribution is -2.20. The predicted molar refractivity (Wildman–Crippen MR) is 110 cm³/mol. The molecule has 0 bridgehead atoms. The summed E-state index contributed by atoms with van der Waals surface area (Å²) in [5.41, 5.74) is 8.00. The summed E-state index contributed by atoms with van der Waals surface area (Å²) in [4.78, 5) is 10.9. The van der Waals surface area contributed by atoms with Crippen molar-refractivity contribution in [1.82, 2.24) is 9.97 Å². The lowest BCUT2D eigenvalue weighted by molar-refractivity contribution is 0.467. The lowest BCUT2D eigenvalue weighted by Gasteiger charge is -2.35. The van der Waals surface area contributed by atoms with Crippen LogP contribution in [-0.2, 0) is 5.41 Å². The number of ether oxygens (including phenoxy) is 1. The molecule has 0 aliphatic carbocycles. The van der Waals surface area contributed by atoms with Crippen molar-refractivity contribution in [2.45, 2.75) is 47.0 Å². The second kappa shape index (κ2) is 6.08.